The first-order valence-electron chi connectivity index (χ1n) is 8.50. The van der Waals surface area contributed by atoms with Crippen molar-refractivity contribution in [1.29, 1.82) is 0 Å². The molecule has 0 saturated heterocycles. The Morgan fingerprint density at radius 1 is 1.07 bits per heavy atom. The largest absolute Gasteiger partial charge is 1.00 e. The molecule has 0 amide bonds. The smallest absolute Gasteiger partial charge is 0.641 e. The molecule has 1 aliphatic rings. The third kappa shape index (κ3) is 5.23. The fourth-order valence-corrected chi connectivity index (χ4v) is 4.03. The summed E-state index contributed by atoms with van der Waals surface area (Å²) in [6.45, 7) is 4.51. The molecule has 3 rings (SSSR count). The van der Waals surface area contributed by atoms with Gasteiger partial charge < -0.3 is 14.7 Å². The molecule has 1 N–H and O–H groups in total. The first kappa shape index (κ1) is 23.1. The minimum Gasteiger partial charge on any atom is -0.641 e. The van der Waals surface area contributed by atoms with Crippen molar-refractivity contribution in [2.45, 2.75) is 43.8 Å². The minimum absolute atomic E-state index is 0. The molecule has 0 radical (unpaired) electrons. The zero-order chi connectivity index (χ0) is 18.9. The molecule has 8 heteroatoms. The van der Waals surface area contributed by atoms with Gasteiger partial charge in [0.2, 0.25) is 0 Å². The maximum absolute atomic E-state index is 13.2. The third-order valence-corrected chi connectivity index (χ3v) is 5.53. The van der Waals surface area contributed by atoms with Crippen LogP contribution in [0.1, 0.15) is 32.3 Å². The molecule has 140 valence electrons. The number of aromatic hydroxyl groups is 1. The topological polar surface area (TPSA) is 37.6 Å². The van der Waals surface area contributed by atoms with E-state index in [1.807, 2.05) is 4.31 Å². The summed E-state index contributed by atoms with van der Waals surface area (Å²) in [7, 11) is 0. The Kier molecular flexibility index (Phi) is 8.13. The fraction of sp³-hybridized carbons (Fsp3) is 0.368. The van der Waals surface area contributed by atoms with E-state index in [0.29, 0.717) is 23.5 Å². The van der Waals surface area contributed by atoms with Crippen molar-refractivity contribution in [2.24, 2.45) is 0 Å². The van der Waals surface area contributed by atoms with E-state index in [2.05, 4.69) is 19.2 Å². The second-order valence-corrected chi connectivity index (χ2v) is 7.24. The van der Waals surface area contributed by atoms with Crippen LogP contribution in [-0.2, 0) is 6.18 Å². The van der Waals surface area contributed by atoms with Crippen molar-refractivity contribution in [3.63, 3.8) is 0 Å². The molecule has 1 aliphatic heterocycles. The van der Waals surface area contributed by atoms with Gasteiger partial charge in [-0.3, -0.25) is 0 Å². The van der Waals surface area contributed by atoms with Crippen LogP contribution >= 0.6 is 11.9 Å². The van der Waals surface area contributed by atoms with Gasteiger partial charge >= 0.3 is 57.6 Å². The van der Waals surface area contributed by atoms with Gasteiger partial charge in [-0.2, -0.15) is 13.2 Å². The Balaban J connectivity index is 0.00000261. The second kappa shape index (κ2) is 9.52. The summed E-state index contributed by atoms with van der Waals surface area (Å²) in [5.41, 5.74) is 1.22. The average molecular weight is 421 g/mol. The summed E-state index contributed by atoms with van der Waals surface area (Å²) in [4.78, 5) is 0.719. The van der Waals surface area contributed by atoms with Gasteiger partial charge in [0.15, 0.2) is 0 Å². The third-order valence-electron chi connectivity index (χ3n) is 4.47. The van der Waals surface area contributed by atoms with Crippen LogP contribution in [-0.4, -0.2) is 17.8 Å². The van der Waals surface area contributed by atoms with Gasteiger partial charge in [-0.25, -0.2) is 0 Å². The van der Waals surface area contributed by atoms with Crippen LogP contribution in [0.3, 0.4) is 0 Å². The number of anilines is 1. The molecule has 0 unspecified atom stereocenters. The van der Waals surface area contributed by atoms with Gasteiger partial charge in [0.05, 0.1) is 11.3 Å². The van der Waals surface area contributed by atoms with Crippen LogP contribution in [0.25, 0.3) is 16.4 Å². The fourth-order valence-electron chi connectivity index (χ4n) is 2.96. The molecule has 27 heavy (non-hydrogen) atoms. The van der Waals surface area contributed by atoms with E-state index in [0.717, 1.165) is 23.8 Å². The van der Waals surface area contributed by atoms with Crippen molar-refractivity contribution in [3.8, 4) is 16.9 Å². The number of phenolic OH excluding ortho intramolecular Hbond substituents is 1. The Bertz CT molecular complexity index is 797. The number of phenols is 1. The number of halogens is 3. The predicted molar refractivity (Wildman–Crippen MR) is 99.5 cm³/mol. The zero-order valence-electron chi connectivity index (χ0n) is 15.5. The molecule has 0 spiro atoms. The Hall–Kier alpha value is -0.224. The molecule has 1 heterocycles. The summed E-state index contributed by atoms with van der Waals surface area (Å²) in [5, 5.41) is 14.4. The molecule has 0 fully saturated rings. The number of benzene rings is 2. The monoisotopic (exact) mass is 420 g/mol. The number of hydrogen-bond donors (Lipinski definition) is 1. The van der Waals surface area contributed by atoms with E-state index >= 15 is 0 Å². The Labute approximate surface area is 204 Å². The Morgan fingerprint density at radius 3 is 2.41 bits per heavy atom. The van der Waals surface area contributed by atoms with Crippen molar-refractivity contribution < 1.29 is 69.7 Å². The van der Waals surface area contributed by atoms with Crippen LogP contribution in [0.5, 0.6) is 5.75 Å². The minimum atomic E-state index is -4.40. The normalized spacial score (nSPS) is 13.2. The van der Waals surface area contributed by atoms with Gasteiger partial charge in [-0.05, 0) is 53.9 Å². The van der Waals surface area contributed by atoms with E-state index in [1.54, 1.807) is 12.1 Å². The van der Waals surface area contributed by atoms with Crippen molar-refractivity contribution >= 4 is 17.6 Å². The molecule has 2 aromatic carbocycles. The van der Waals surface area contributed by atoms with Gasteiger partial charge in [0, 0.05) is 10.5 Å². The zero-order valence-corrected chi connectivity index (χ0v) is 19.5. The maximum Gasteiger partial charge on any atom is 1.00 e. The van der Waals surface area contributed by atoms with E-state index in [1.165, 1.54) is 30.1 Å². The van der Waals surface area contributed by atoms with E-state index < -0.39 is 11.7 Å². The number of nitrogens with zero attached hydrogens (tertiary/aromatic N) is 2. The molecule has 0 saturated carbocycles. The summed E-state index contributed by atoms with van der Waals surface area (Å²) in [5.74, 6) is 0.0866. The summed E-state index contributed by atoms with van der Waals surface area (Å²) in [6.07, 6.45) is -2.56. The van der Waals surface area contributed by atoms with E-state index in [4.69, 9.17) is 0 Å². The van der Waals surface area contributed by atoms with Crippen LogP contribution in [0.4, 0.5) is 18.9 Å². The molecule has 0 aliphatic carbocycles. The quantitative estimate of drug-likeness (QED) is 0.595. The number of rotatable bonds is 5. The molecule has 0 aromatic heterocycles. The van der Waals surface area contributed by atoms with Crippen LogP contribution in [0, 0.1) is 0 Å². The van der Waals surface area contributed by atoms with Crippen LogP contribution in [0.15, 0.2) is 41.3 Å². The average Bonchev–Trinajstić information content (AvgIpc) is 2.61. The van der Waals surface area contributed by atoms with Crippen LogP contribution in [0.2, 0.25) is 0 Å². The molecule has 0 bridgehead atoms. The predicted octanol–water partition coefficient (Wildman–Crippen LogP) is 3.43. The van der Waals surface area contributed by atoms with E-state index in [-0.39, 0.29) is 63.2 Å². The summed E-state index contributed by atoms with van der Waals surface area (Å²) < 4.78 is 41.4. The summed E-state index contributed by atoms with van der Waals surface area (Å²) >= 11 is 1.39. The number of hydrogen-bond acceptors (Lipinski definition) is 3. The Morgan fingerprint density at radius 2 is 1.78 bits per heavy atom. The van der Waals surface area contributed by atoms with Crippen molar-refractivity contribution in [1.82, 2.24) is 0 Å². The van der Waals surface area contributed by atoms with E-state index in [9.17, 15) is 18.3 Å². The standard InChI is InChI=1S/C19H20F3N2OS.K/c1-3-13(4-2)23-11-24-17-8-5-12(19(20,21)22)9-16(17)15-7-6-14(25)10-18(15)26-24;/h5-10,13,25H,3-4,11H2,1-2H3;/q-1;+1. The molecular weight excluding hydrogens is 400 g/mol. The SMILES string of the molecule is CCC(CC)[N-]CN1Sc2cc(O)ccc2-c2cc(C(F)(F)F)ccc21.[K+]. The maximum atomic E-state index is 13.2. The van der Waals surface area contributed by atoms with Gasteiger partial charge in [-0.1, -0.05) is 33.4 Å². The second-order valence-electron chi connectivity index (χ2n) is 6.17. The molecule has 3 nitrogen and oxygen atoms in total. The molecule has 2 aromatic rings. The number of alkyl halides is 3. The molecular formula is C19H20F3KN2OS. The van der Waals surface area contributed by atoms with Crippen molar-refractivity contribution in [2.75, 3.05) is 11.0 Å². The first-order chi connectivity index (χ1) is 12.3. The summed E-state index contributed by atoms with van der Waals surface area (Å²) in [6, 6.07) is 8.74. The van der Waals surface area contributed by atoms with Gasteiger partial charge in [0.25, 0.3) is 0 Å². The van der Waals surface area contributed by atoms with Gasteiger partial charge in [0.1, 0.15) is 5.75 Å². The van der Waals surface area contributed by atoms with Crippen LogP contribution < -0.4 is 55.7 Å². The number of fused-ring (bicyclic) bond motifs is 3. The first-order valence-corrected chi connectivity index (χ1v) is 9.27. The van der Waals surface area contributed by atoms with Gasteiger partial charge in [-0.15, -0.1) is 6.04 Å². The van der Waals surface area contributed by atoms with Crippen molar-refractivity contribution in [3.05, 3.63) is 47.3 Å². The molecule has 0 atom stereocenters.